The normalized spacial score (nSPS) is 13.1. The van der Waals surface area contributed by atoms with Crippen LogP contribution in [0.25, 0.3) is 0 Å². The van der Waals surface area contributed by atoms with Crippen molar-refractivity contribution in [1.29, 1.82) is 0 Å². The van der Waals surface area contributed by atoms with E-state index in [0.29, 0.717) is 32.9 Å². The van der Waals surface area contributed by atoms with Gasteiger partial charge in [0.25, 0.3) is 0 Å². The highest BCUT2D eigenvalue weighted by Gasteiger charge is 2.36. The van der Waals surface area contributed by atoms with Crippen molar-refractivity contribution in [3.8, 4) is 0 Å². The van der Waals surface area contributed by atoms with Gasteiger partial charge in [0.05, 0.1) is 19.8 Å². The van der Waals surface area contributed by atoms with E-state index in [1.54, 1.807) is 0 Å². The molecule has 98 valence electrons. The van der Waals surface area contributed by atoms with Crippen LogP contribution in [0.1, 0.15) is 13.8 Å². The molecule has 0 aromatic rings. The van der Waals surface area contributed by atoms with Crippen LogP contribution in [0.4, 0.5) is 0 Å². The summed E-state index contributed by atoms with van der Waals surface area (Å²) in [5.41, 5.74) is 16.2. The van der Waals surface area contributed by atoms with Crippen LogP contribution in [0.2, 0.25) is 6.55 Å². The van der Waals surface area contributed by atoms with E-state index in [0.717, 1.165) is 0 Å². The molecule has 0 saturated carbocycles. The molecule has 6 nitrogen and oxygen atoms in total. The molecule has 0 aliphatic heterocycles. The second kappa shape index (κ2) is 7.33. The van der Waals surface area contributed by atoms with E-state index in [9.17, 15) is 0 Å². The van der Waals surface area contributed by atoms with Gasteiger partial charge in [-0.1, -0.05) is 0 Å². The van der Waals surface area contributed by atoms with Gasteiger partial charge >= 0.3 is 8.80 Å². The maximum Gasteiger partial charge on any atom is 0.497 e. The molecule has 0 aliphatic rings. The molecule has 0 fully saturated rings. The summed E-state index contributed by atoms with van der Waals surface area (Å²) in [5, 5.41) is 0. The number of hydrogen-bond donors (Lipinski definition) is 3. The molecule has 7 heteroatoms. The zero-order valence-electron chi connectivity index (χ0n) is 10.5. The highest BCUT2D eigenvalue weighted by atomic mass is 28.4. The standard InChI is InChI=1S/C9H25N3O3Si/c1-9(2,12)8-15-16(3,13-6-4-10)14-7-5-11/h4-8,10-12H2,1-3H3. The van der Waals surface area contributed by atoms with E-state index in [1.807, 2.05) is 20.4 Å². The Morgan fingerprint density at radius 1 is 1.00 bits per heavy atom. The van der Waals surface area contributed by atoms with Crippen molar-refractivity contribution in [2.45, 2.75) is 25.9 Å². The van der Waals surface area contributed by atoms with Gasteiger partial charge in [0, 0.05) is 25.2 Å². The van der Waals surface area contributed by atoms with Crippen LogP contribution < -0.4 is 17.2 Å². The molecule has 0 aromatic carbocycles. The van der Waals surface area contributed by atoms with Crippen LogP contribution in [0.15, 0.2) is 0 Å². The quantitative estimate of drug-likeness (QED) is 0.466. The number of rotatable bonds is 9. The Kier molecular flexibility index (Phi) is 7.32. The minimum absolute atomic E-state index is 0.380. The fraction of sp³-hybridized carbons (Fsp3) is 1.00. The Balaban J connectivity index is 4.17. The van der Waals surface area contributed by atoms with E-state index in [1.165, 1.54) is 0 Å². The first-order valence-electron chi connectivity index (χ1n) is 5.44. The number of hydrogen-bond acceptors (Lipinski definition) is 6. The first kappa shape index (κ1) is 16.0. The maximum absolute atomic E-state index is 5.84. The minimum atomic E-state index is -2.64. The lowest BCUT2D eigenvalue weighted by Crippen LogP contribution is -2.49. The maximum atomic E-state index is 5.84. The van der Waals surface area contributed by atoms with E-state index in [2.05, 4.69) is 0 Å². The second-order valence-electron chi connectivity index (χ2n) is 4.41. The highest BCUT2D eigenvalue weighted by Crippen LogP contribution is 2.11. The van der Waals surface area contributed by atoms with Crippen molar-refractivity contribution in [1.82, 2.24) is 0 Å². The third-order valence-corrected chi connectivity index (χ3v) is 3.80. The Morgan fingerprint density at radius 3 is 1.75 bits per heavy atom. The van der Waals surface area contributed by atoms with E-state index < -0.39 is 14.3 Å². The molecule has 0 spiro atoms. The molecule has 0 bridgehead atoms. The minimum Gasteiger partial charge on any atom is -0.372 e. The van der Waals surface area contributed by atoms with Crippen molar-refractivity contribution >= 4 is 8.80 Å². The van der Waals surface area contributed by atoms with Crippen LogP contribution >= 0.6 is 0 Å². The van der Waals surface area contributed by atoms with Gasteiger partial charge in [-0.25, -0.2) is 0 Å². The molecule has 0 amide bonds. The molecule has 6 N–H and O–H groups in total. The Labute approximate surface area is 98.8 Å². The molecule has 0 heterocycles. The zero-order valence-corrected chi connectivity index (χ0v) is 11.5. The average Bonchev–Trinajstić information content (AvgIpc) is 2.20. The van der Waals surface area contributed by atoms with E-state index in [4.69, 9.17) is 30.5 Å². The summed E-state index contributed by atoms with van der Waals surface area (Å²) in [6.45, 7) is 7.67. The lowest BCUT2D eigenvalue weighted by Gasteiger charge is -2.29. The van der Waals surface area contributed by atoms with Crippen molar-refractivity contribution in [3.63, 3.8) is 0 Å². The lowest BCUT2D eigenvalue weighted by molar-refractivity contribution is 0.0568. The second-order valence-corrected chi connectivity index (χ2v) is 7.00. The Morgan fingerprint density at radius 2 is 1.44 bits per heavy atom. The van der Waals surface area contributed by atoms with Crippen LogP contribution in [0, 0.1) is 0 Å². The molecule has 0 radical (unpaired) electrons. The Bertz CT molecular complexity index is 179. The summed E-state index contributed by atoms with van der Waals surface area (Å²) in [5.74, 6) is 0. The summed E-state index contributed by atoms with van der Waals surface area (Å²) in [7, 11) is -2.64. The molecule has 0 aromatic heterocycles. The summed E-state index contributed by atoms with van der Waals surface area (Å²) < 4.78 is 16.7. The third kappa shape index (κ3) is 8.17. The summed E-state index contributed by atoms with van der Waals surface area (Å²) in [4.78, 5) is 0. The highest BCUT2D eigenvalue weighted by molar-refractivity contribution is 6.59. The molecule has 0 saturated heterocycles. The molecular weight excluding hydrogens is 226 g/mol. The van der Waals surface area contributed by atoms with E-state index >= 15 is 0 Å². The first-order valence-corrected chi connectivity index (χ1v) is 7.66. The molecule has 0 aliphatic carbocycles. The predicted molar refractivity (Wildman–Crippen MR) is 65.8 cm³/mol. The lowest BCUT2D eigenvalue weighted by atomic mass is 10.1. The van der Waals surface area contributed by atoms with Gasteiger partial charge < -0.3 is 30.5 Å². The van der Waals surface area contributed by atoms with E-state index in [-0.39, 0.29) is 0 Å². The van der Waals surface area contributed by atoms with Crippen LogP contribution in [-0.4, -0.2) is 47.3 Å². The van der Waals surface area contributed by atoms with Crippen LogP contribution in [0.3, 0.4) is 0 Å². The SMILES string of the molecule is CC(C)(N)CO[Si](C)(OCCN)OCCN. The summed E-state index contributed by atoms with van der Waals surface area (Å²) in [6, 6.07) is 0. The molecule has 16 heavy (non-hydrogen) atoms. The fourth-order valence-corrected chi connectivity index (χ4v) is 2.79. The van der Waals surface area contributed by atoms with Gasteiger partial charge in [0.15, 0.2) is 0 Å². The van der Waals surface area contributed by atoms with Crippen LogP contribution in [0.5, 0.6) is 0 Å². The van der Waals surface area contributed by atoms with Gasteiger partial charge in [-0.2, -0.15) is 0 Å². The zero-order chi connectivity index (χ0) is 12.7. The Hall–Kier alpha value is -0.0231. The molecule has 0 rings (SSSR count). The summed E-state index contributed by atoms with van der Waals surface area (Å²) >= 11 is 0. The fourth-order valence-electron chi connectivity index (χ4n) is 0.931. The number of nitrogens with two attached hydrogens (primary N) is 3. The van der Waals surface area contributed by atoms with Crippen molar-refractivity contribution in [2.24, 2.45) is 17.2 Å². The van der Waals surface area contributed by atoms with Crippen molar-refractivity contribution < 1.29 is 13.3 Å². The monoisotopic (exact) mass is 251 g/mol. The first-order chi connectivity index (χ1) is 7.33. The third-order valence-electron chi connectivity index (χ3n) is 1.67. The largest absolute Gasteiger partial charge is 0.497 e. The van der Waals surface area contributed by atoms with Gasteiger partial charge in [0.2, 0.25) is 0 Å². The summed E-state index contributed by atoms with van der Waals surface area (Å²) in [6.07, 6.45) is 0. The van der Waals surface area contributed by atoms with Crippen molar-refractivity contribution in [3.05, 3.63) is 0 Å². The molecular formula is C9H25N3O3Si. The van der Waals surface area contributed by atoms with Crippen molar-refractivity contribution in [2.75, 3.05) is 32.9 Å². The van der Waals surface area contributed by atoms with Gasteiger partial charge in [-0.15, -0.1) is 0 Å². The molecule has 0 unspecified atom stereocenters. The average molecular weight is 251 g/mol. The topological polar surface area (TPSA) is 106 Å². The molecule has 0 atom stereocenters. The van der Waals surface area contributed by atoms with Gasteiger partial charge in [0.1, 0.15) is 0 Å². The smallest absolute Gasteiger partial charge is 0.372 e. The van der Waals surface area contributed by atoms with Gasteiger partial charge in [-0.3, -0.25) is 0 Å². The van der Waals surface area contributed by atoms with Gasteiger partial charge in [-0.05, 0) is 13.8 Å². The van der Waals surface area contributed by atoms with Crippen LogP contribution in [-0.2, 0) is 13.3 Å². The predicted octanol–water partition coefficient (Wildman–Crippen LogP) is -0.740.